The monoisotopic (exact) mass is 461 g/mol. The molecule has 0 aliphatic carbocycles. The van der Waals surface area contributed by atoms with Crippen molar-refractivity contribution < 1.29 is 61.9 Å². The van der Waals surface area contributed by atoms with Gasteiger partial charge in [-0.05, 0) is 13.3 Å². The largest absolute Gasteiger partial charge is 0.460 e. The average molecular weight is 461 g/mol. The van der Waals surface area contributed by atoms with Crippen LogP contribution in [0.5, 0.6) is 0 Å². The van der Waals surface area contributed by atoms with Crippen LogP contribution in [0.25, 0.3) is 0 Å². The smallest absolute Gasteiger partial charge is 0.348 e. The molecule has 1 amide bonds. The molecule has 1 N–H and O–H groups in total. The van der Waals surface area contributed by atoms with Gasteiger partial charge < -0.3 is 5.32 Å². The normalized spacial score (nSPS) is 16.0. The minimum Gasteiger partial charge on any atom is -0.348 e. The van der Waals surface area contributed by atoms with Crippen LogP contribution >= 0.6 is 0 Å². The predicted molar refractivity (Wildman–Crippen MR) is 72.5 cm³/mol. The van der Waals surface area contributed by atoms with Gasteiger partial charge in [0.2, 0.25) is 0 Å². The molecule has 2 nitrogen and oxygen atoms in total. The van der Waals surface area contributed by atoms with Gasteiger partial charge >= 0.3 is 35.8 Å². The Balaban J connectivity index is 5.89. The van der Waals surface area contributed by atoms with Crippen LogP contribution < -0.4 is 5.32 Å². The predicted octanol–water partition coefficient (Wildman–Crippen LogP) is 5.81. The lowest BCUT2D eigenvalue weighted by atomic mass is 9.93. The van der Waals surface area contributed by atoms with Gasteiger partial charge in [-0.15, -0.1) is 0 Å². The summed E-state index contributed by atoms with van der Waals surface area (Å²) in [6.07, 6.45) is -6.26. The third kappa shape index (κ3) is 4.67. The molecule has 0 rings (SSSR count). The number of hydrogen-bond donors (Lipinski definition) is 1. The van der Waals surface area contributed by atoms with Crippen LogP contribution in [0.1, 0.15) is 39.5 Å². The molecule has 0 saturated carbocycles. The Kier molecular flexibility index (Phi) is 7.94. The van der Waals surface area contributed by atoms with Crippen molar-refractivity contribution >= 4 is 5.91 Å². The van der Waals surface area contributed by atoms with E-state index >= 15 is 0 Å². The first-order valence-corrected chi connectivity index (χ1v) is 7.89. The summed E-state index contributed by atoms with van der Waals surface area (Å²) in [7, 11) is 0. The Hall–Kier alpha value is -1.44. The van der Waals surface area contributed by atoms with E-state index < -0.39 is 47.7 Å². The highest BCUT2D eigenvalue weighted by Crippen LogP contribution is 2.60. The van der Waals surface area contributed by atoms with Crippen molar-refractivity contribution in [1.82, 2.24) is 5.32 Å². The van der Waals surface area contributed by atoms with E-state index in [1.807, 2.05) is 0 Å². The molecule has 0 spiro atoms. The topological polar surface area (TPSA) is 29.1 Å². The second-order valence-electron chi connectivity index (χ2n) is 6.24. The Morgan fingerprint density at radius 1 is 0.724 bits per heavy atom. The van der Waals surface area contributed by atoms with Gasteiger partial charge in [-0.2, -0.15) is 57.1 Å². The number of carbonyl (C=O) groups excluding carboxylic acids is 1. The summed E-state index contributed by atoms with van der Waals surface area (Å²) in [5, 5.41) is 1.12. The molecule has 0 saturated heterocycles. The maximum absolute atomic E-state index is 13.6. The van der Waals surface area contributed by atoms with Crippen molar-refractivity contribution in [1.29, 1.82) is 0 Å². The molecule has 0 aliphatic rings. The quantitative estimate of drug-likeness (QED) is 0.323. The number of unbranched alkanes of at least 4 members (excludes halogenated alkanes) is 2. The van der Waals surface area contributed by atoms with Crippen molar-refractivity contribution in [3.05, 3.63) is 0 Å². The number of amides is 1. The summed E-state index contributed by atoms with van der Waals surface area (Å²) >= 11 is 0. The number of hydrogen-bond acceptors (Lipinski definition) is 1. The molecular formula is C14H16F13NO. The van der Waals surface area contributed by atoms with E-state index in [2.05, 4.69) is 0 Å². The van der Waals surface area contributed by atoms with Gasteiger partial charge in [0.25, 0.3) is 5.91 Å². The Bertz CT molecular complexity index is 570. The molecule has 1 atom stereocenters. The Labute approximate surface area is 155 Å². The molecule has 1 unspecified atom stereocenters. The highest BCUT2D eigenvalue weighted by molar-refractivity contribution is 5.85. The zero-order valence-electron chi connectivity index (χ0n) is 14.7. The lowest BCUT2D eigenvalue weighted by Gasteiger charge is -2.39. The van der Waals surface area contributed by atoms with Gasteiger partial charge in [0.15, 0.2) is 0 Å². The van der Waals surface area contributed by atoms with Crippen LogP contribution in [0.4, 0.5) is 57.1 Å². The van der Waals surface area contributed by atoms with Gasteiger partial charge in [-0.25, -0.2) is 0 Å². The molecule has 0 aromatic carbocycles. The van der Waals surface area contributed by atoms with Crippen LogP contribution in [-0.4, -0.2) is 47.7 Å². The fraction of sp³-hybridized carbons (Fsp3) is 0.929. The van der Waals surface area contributed by atoms with Crippen molar-refractivity contribution in [2.45, 2.75) is 81.4 Å². The van der Waals surface area contributed by atoms with Crippen molar-refractivity contribution in [3.63, 3.8) is 0 Å². The summed E-state index contributed by atoms with van der Waals surface area (Å²) in [5.41, 5.74) is 0. The first-order chi connectivity index (χ1) is 12.6. The number of nitrogens with one attached hydrogen (secondary N) is 1. The van der Waals surface area contributed by atoms with E-state index in [1.54, 1.807) is 6.92 Å². The van der Waals surface area contributed by atoms with E-state index in [-0.39, 0.29) is 12.8 Å². The van der Waals surface area contributed by atoms with Crippen molar-refractivity contribution in [2.75, 3.05) is 0 Å². The lowest BCUT2D eigenvalue weighted by Crippen LogP contribution is -2.72. The van der Waals surface area contributed by atoms with E-state index in [4.69, 9.17) is 0 Å². The van der Waals surface area contributed by atoms with E-state index in [1.165, 1.54) is 0 Å². The SMILES string of the molecule is CCCCCC(C)NC(=O)C(F)(F)C(F)(F)C(F)(F)C(F)(F)C(F)(F)C(F)(F)F. The zero-order valence-corrected chi connectivity index (χ0v) is 14.7. The van der Waals surface area contributed by atoms with Crippen LogP contribution in [0.15, 0.2) is 0 Å². The van der Waals surface area contributed by atoms with Gasteiger partial charge in [0.1, 0.15) is 0 Å². The van der Waals surface area contributed by atoms with Gasteiger partial charge in [0.05, 0.1) is 0 Å². The Morgan fingerprint density at radius 3 is 1.52 bits per heavy atom. The summed E-state index contributed by atoms with van der Waals surface area (Å²) in [6.45, 7) is 2.67. The van der Waals surface area contributed by atoms with Crippen molar-refractivity contribution in [2.24, 2.45) is 0 Å². The summed E-state index contributed by atoms with van der Waals surface area (Å²) in [6, 6.07) is -1.35. The van der Waals surface area contributed by atoms with E-state index in [0.717, 1.165) is 12.2 Å². The third-order valence-corrected chi connectivity index (χ3v) is 3.84. The molecule has 0 radical (unpaired) electrons. The number of halogens is 13. The highest BCUT2D eigenvalue weighted by atomic mass is 19.4. The molecule has 0 fully saturated rings. The van der Waals surface area contributed by atoms with Crippen LogP contribution in [0.2, 0.25) is 0 Å². The first kappa shape index (κ1) is 27.6. The molecule has 174 valence electrons. The van der Waals surface area contributed by atoms with Crippen molar-refractivity contribution in [3.8, 4) is 0 Å². The molecule has 0 bridgehead atoms. The van der Waals surface area contributed by atoms with Crippen LogP contribution in [0, 0.1) is 0 Å². The van der Waals surface area contributed by atoms with E-state index in [0.29, 0.717) is 12.8 Å². The van der Waals surface area contributed by atoms with Crippen LogP contribution in [-0.2, 0) is 4.79 Å². The molecule has 29 heavy (non-hydrogen) atoms. The minimum absolute atomic E-state index is 0.125. The minimum atomic E-state index is -8.02. The molecule has 0 aromatic heterocycles. The van der Waals surface area contributed by atoms with Gasteiger partial charge in [0, 0.05) is 6.04 Å². The van der Waals surface area contributed by atoms with Gasteiger partial charge in [-0.1, -0.05) is 26.2 Å². The average Bonchev–Trinajstić information content (AvgIpc) is 2.53. The molecular weight excluding hydrogens is 445 g/mol. The second kappa shape index (κ2) is 8.36. The van der Waals surface area contributed by atoms with Gasteiger partial charge in [-0.3, -0.25) is 4.79 Å². The fourth-order valence-corrected chi connectivity index (χ4v) is 2.00. The molecule has 15 heteroatoms. The Morgan fingerprint density at radius 2 is 1.14 bits per heavy atom. The maximum atomic E-state index is 13.6. The molecule has 0 aliphatic heterocycles. The second-order valence-corrected chi connectivity index (χ2v) is 6.24. The van der Waals surface area contributed by atoms with E-state index in [9.17, 15) is 61.9 Å². The highest BCUT2D eigenvalue weighted by Gasteiger charge is 2.91. The standard InChI is InChI=1S/C14H16F13NO/c1-3-4-5-6-7(2)28-8(29)9(15,16)10(17,18)11(19,20)12(21,22)13(23,24)14(25,26)27/h7H,3-6H2,1-2H3,(H,28,29). The molecule has 0 aromatic rings. The number of carbonyl (C=O) groups is 1. The molecule has 0 heterocycles. The summed E-state index contributed by atoms with van der Waals surface area (Å²) < 4.78 is 168. The third-order valence-electron chi connectivity index (χ3n) is 3.84. The first-order valence-electron chi connectivity index (χ1n) is 7.89. The summed E-state index contributed by atoms with van der Waals surface area (Å²) in [5.74, 6) is -41.4. The van der Waals surface area contributed by atoms with Crippen LogP contribution in [0.3, 0.4) is 0 Å². The number of alkyl halides is 13. The zero-order chi connectivity index (χ0) is 23.7. The lowest BCUT2D eigenvalue weighted by molar-refractivity contribution is -0.436. The number of rotatable bonds is 10. The maximum Gasteiger partial charge on any atom is 0.460 e. The summed E-state index contributed by atoms with van der Waals surface area (Å²) in [4.78, 5) is 11.2. The fourth-order valence-electron chi connectivity index (χ4n) is 2.00.